The first-order chi connectivity index (χ1) is 9.75. The van der Waals surface area contributed by atoms with Gasteiger partial charge < -0.3 is 10.5 Å². The van der Waals surface area contributed by atoms with Crippen molar-refractivity contribution >= 4 is 21.7 Å². The van der Waals surface area contributed by atoms with Gasteiger partial charge in [-0.2, -0.15) is 4.31 Å². The first kappa shape index (κ1) is 17.5. The third-order valence-corrected chi connectivity index (χ3v) is 5.26. The molecule has 2 N–H and O–H groups in total. The molecule has 0 saturated carbocycles. The predicted octanol–water partition coefficient (Wildman–Crippen LogP) is 1.46. The maximum absolute atomic E-state index is 12.8. The van der Waals surface area contributed by atoms with Crippen LogP contribution < -0.4 is 5.73 Å². The standard InChI is InChI=1S/C14H22N2O4S/c1-5-8-16(9-12(17)20-4)21(18,19)14-11(3)7-6-10(2)13(14)15/h6-7H,5,8-9,15H2,1-4H3. The molecule has 21 heavy (non-hydrogen) atoms. The van der Waals surface area contributed by atoms with Gasteiger partial charge in [-0.05, 0) is 31.4 Å². The number of hydrogen-bond acceptors (Lipinski definition) is 5. The molecule has 0 fully saturated rings. The molecule has 0 unspecified atom stereocenters. The van der Waals surface area contributed by atoms with Crippen molar-refractivity contribution in [1.29, 1.82) is 0 Å². The van der Waals surface area contributed by atoms with Gasteiger partial charge in [-0.1, -0.05) is 19.1 Å². The highest BCUT2D eigenvalue weighted by atomic mass is 32.2. The summed E-state index contributed by atoms with van der Waals surface area (Å²) >= 11 is 0. The molecule has 7 heteroatoms. The number of rotatable bonds is 6. The molecule has 1 rings (SSSR count). The number of methoxy groups -OCH3 is 1. The minimum Gasteiger partial charge on any atom is -0.468 e. The van der Waals surface area contributed by atoms with E-state index in [2.05, 4.69) is 4.74 Å². The van der Waals surface area contributed by atoms with E-state index in [1.54, 1.807) is 26.0 Å². The van der Waals surface area contributed by atoms with Crippen LogP contribution >= 0.6 is 0 Å². The van der Waals surface area contributed by atoms with Crippen LogP contribution in [0.25, 0.3) is 0 Å². The van der Waals surface area contributed by atoms with Crippen LogP contribution in [0, 0.1) is 13.8 Å². The minimum absolute atomic E-state index is 0.0693. The Morgan fingerprint density at radius 3 is 2.38 bits per heavy atom. The smallest absolute Gasteiger partial charge is 0.321 e. The van der Waals surface area contributed by atoms with Crippen molar-refractivity contribution in [1.82, 2.24) is 4.31 Å². The second-order valence-electron chi connectivity index (χ2n) is 4.86. The van der Waals surface area contributed by atoms with Gasteiger partial charge in [0.2, 0.25) is 10.0 Å². The lowest BCUT2D eigenvalue weighted by Gasteiger charge is -2.23. The second kappa shape index (κ2) is 6.91. The molecule has 0 aliphatic rings. The molecule has 0 spiro atoms. The number of nitrogen functional groups attached to an aromatic ring is 1. The molecule has 0 aliphatic heterocycles. The highest BCUT2D eigenvalue weighted by molar-refractivity contribution is 7.89. The van der Waals surface area contributed by atoms with Crippen LogP contribution in [0.15, 0.2) is 17.0 Å². The first-order valence-corrected chi connectivity index (χ1v) is 8.12. The summed E-state index contributed by atoms with van der Waals surface area (Å²) in [5, 5.41) is 0. The molecule has 0 atom stereocenters. The minimum atomic E-state index is -3.84. The van der Waals surface area contributed by atoms with Crippen LogP contribution in [0.5, 0.6) is 0 Å². The van der Waals surface area contributed by atoms with Crippen LogP contribution in [-0.4, -0.2) is 38.9 Å². The fourth-order valence-corrected chi connectivity index (χ4v) is 3.89. The Balaban J connectivity index is 3.36. The van der Waals surface area contributed by atoms with Gasteiger partial charge in [0.05, 0.1) is 12.8 Å². The molecule has 1 aromatic carbocycles. The maximum atomic E-state index is 12.8. The number of nitrogens with zero attached hydrogens (tertiary/aromatic N) is 1. The lowest BCUT2D eigenvalue weighted by atomic mass is 10.1. The lowest BCUT2D eigenvalue weighted by molar-refractivity contribution is -0.140. The van der Waals surface area contributed by atoms with Gasteiger partial charge in [0, 0.05) is 6.54 Å². The van der Waals surface area contributed by atoms with Crippen molar-refractivity contribution in [2.24, 2.45) is 0 Å². The summed E-state index contributed by atoms with van der Waals surface area (Å²) in [5.74, 6) is -0.601. The molecule has 118 valence electrons. The monoisotopic (exact) mass is 314 g/mol. The van der Waals surface area contributed by atoms with E-state index in [4.69, 9.17) is 5.73 Å². The third kappa shape index (κ3) is 3.74. The maximum Gasteiger partial charge on any atom is 0.321 e. The van der Waals surface area contributed by atoms with E-state index in [9.17, 15) is 13.2 Å². The molecule has 0 amide bonds. The zero-order valence-corrected chi connectivity index (χ0v) is 13.7. The average molecular weight is 314 g/mol. The summed E-state index contributed by atoms with van der Waals surface area (Å²) in [6, 6.07) is 3.48. The highest BCUT2D eigenvalue weighted by Crippen LogP contribution is 2.28. The number of benzene rings is 1. The number of nitrogens with two attached hydrogens (primary N) is 1. The Hall–Kier alpha value is -1.60. The molecule has 0 heterocycles. The van der Waals surface area contributed by atoms with Crippen LogP contribution in [0.2, 0.25) is 0 Å². The van der Waals surface area contributed by atoms with Gasteiger partial charge >= 0.3 is 5.97 Å². The van der Waals surface area contributed by atoms with E-state index < -0.39 is 16.0 Å². The van der Waals surface area contributed by atoms with Gasteiger partial charge in [0.25, 0.3) is 0 Å². The number of aryl methyl sites for hydroxylation is 2. The molecule has 6 nitrogen and oxygen atoms in total. The zero-order chi connectivity index (χ0) is 16.2. The first-order valence-electron chi connectivity index (χ1n) is 6.68. The topological polar surface area (TPSA) is 89.7 Å². The summed E-state index contributed by atoms with van der Waals surface area (Å²) in [7, 11) is -2.62. The fraction of sp³-hybridized carbons (Fsp3) is 0.500. The second-order valence-corrected chi connectivity index (χ2v) is 6.73. The number of carbonyl (C=O) groups excluding carboxylic acids is 1. The van der Waals surface area contributed by atoms with E-state index in [1.165, 1.54) is 7.11 Å². The molecule has 0 radical (unpaired) electrons. The van der Waals surface area contributed by atoms with Crippen molar-refractivity contribution in [3.05, 3.63) is 23.3 Å². The molecule has 0 aromatic heterocycles. The summed E-state index contributed by atoms with van der Waals surface area (Å²) in [6.45, 7) is 5.18. The van der Waals surface area contributed by atoms with Crippen molar-refractivity contribution in [2.45, 2.75) is 32.1 Å². The van der Waals surface area contributed by atoms with Crippen molar-refractivity contribution in [3.63, 3.8) is 0 Å². The summed E-state index contributed by atoms with van der Waals surface area (Å²) < 4.78 is 31.3. The molecule has 0 aliphatic carbocycles. The van der Waals surface area contributed by atoms with E-state index in [-0.39, 0.29) is 23.7 Å². The Morgan fingerprint density at radius 1 is 1.29 bits per heavy atom. The van der Waals surface area contributed by atoms with Crippen molar-refractivity contribution < 1.29 is 17.9 Å². The van der Waals surface area contributed by atoms with Gasteiger partial charge in [-0.3, -0.25) is 4.79 Å². The summed E-state index contributed by atoms with van der Waals surface area (Å²) in [4.78, 5) is 11.5. The quantitative estimate of drug-likeness (QED) is 0.634. The van der Waals surface area contributed by atoms with Crippen LogP contribution in [0.4, 0.5) is 5.69 Å². The van der Waals surface area contributed by atoms with Gasteiger partial charge in [-0.15, -0.1) is 0 Å². The van der Waals surface area contributed by atoms with Gasteiger partial charge in [-0.25, -0.2) is 8.42 Å². The van der Waals surface area contributed by atoms with Crippen molar-refractivity contribution in [3.8, 4) is 0 Å². The molecular weight excluding hydrogens is 292 g/mol. The normalized spacial score (nSPS) is 11.7. The van der Waals surface area contributed by atoms with E-state index in [0.717, 1.165) is 4.31 Å². The average Bonchev–Trinajstić information content (AvgIpc) is 2.42. The molecule has 0 bridgehead atoms. The van der Waals surface area contributed by atoms with Gasteiger partial charge in [0.1, 0.15) is 11.4 Å². The number of esters is 1. The van der Waals surface area contributed by atoms with E-state index in [0.29, 0.717) is 17.5 Å². The molecular formula is C14H22N2O4S. The number of anilines is 1. The molecule has 0 saturated heterocycles. The molecule has 1 aromatic rings. The van der Waals surface area contributed by atoms with Crippen LogP contribution in [0.1, 0.15) is 24.5 Å². The number of carbonyl (C=O) groups is 1. The Morgan fingerprint density at radius 2 is 1.86 bits per heavy atom. The predicted molar refractivity (Wildman–Crippen MR) is 81.4 cm³/mol. The van der Waals surface area contributed by atoms with Gasteiger partial charge in [0.15, 0.2) is 0 Å². The van der Waals surface area contributed by atoms with E-state index in [1.807, 2.05) is 6.92 Å². The number of ether oxygens (including phenoxy) is 1. The number of hydrogen-bond donors (Lipinski definition) is 1. The zero-order valence-electron chi connectivity index (χ0n) is 12.8. The SMILES string of the molecule is CCCN(CC(=O)OC)S(=O)(=O)c1c(C)ccc(C)c1N. The fourth-order valence-electron chi connectivity index (χ4n) is 2.02. The Labute approximate surface area is 125 Å². The highest BCUT2D eigenvalue weighted by Gasteiger charge is 2.30. The summed E-state index contributed by atoms with van der Waals surface area (Å²) in [6.07, 6.45) is 0.584. The van der Waals surface area contributed by atoms with Crippen LogP contribution in [0.3, 0.4) is 0 Å². The van der Waals surface area contributed by atoms with Crippen molar-refractivity contribution in [2.75, 3.05) is 25.9 Å². The van der Waals surface area contributed by atoms with E-state index >= 15 is 0 Å². The largest absolute Gasteiger partial charge is 0.468 e. The van der Waals surface area contributed by atoms with Crippen LogP contribution in [-0.2, 0) is 19.6 Å². The Bertz CT molecular complexity index is 626. The Kier molecular flexibility index (Phi) is 5.74. The number of sulfonamides is 1. The lowest BCUT2D eigenvalue weighted by Crippen LogP contribution is -2.37. The summed E-state index contributed by atoms with van der Waals surface area (Å²) in [5.41, 5.74) is 7.42. The third-order valence-electron chi connectivity index (χ3n) is 3.21.